The van der Waals surface area contributed by atoms with Gasteiger partial charge >= 0.3 is 12.1 Å². The highest BCUT2D eigenvalue weighted by Crippen LogP contribution is 2.45. The number of amides is 1. The molecular weight excluding hydrogens is 343 g/mol. The van der Waals surface area contributed by atoms with Gasteiger partial charge in [-0.2, -0.15) is 0 Å². The molecule has 142 valence electrons. The molecule has 0 spiro atoms. The number of hydrogen-bond acceptors (Lipinski definition) is 6. The highest BCUT2D eigenvalue weighted by atomic mass is 19.1. The summed E-state index contributed by atoms with van der Waals surface area (Å²) < 4.78 is 25.6. The molecule has 26 heavy (non-hydrogen) atoms. The summed E-state index contributed by atoms with van der Waals surface area (Å²) >= 11 is 0. The van der Waals surface area contributed by atoms with Gasteiger partial charge in [0.25, 0.3) is 0 Å². The second-order valence-corrected chi connectivity index (χ2v) is 7.23. The molecule has 2 rings (SSSR count). The van der Waals surface area contributed by atoms with Crippen molar-refractivity contribution in [3.63, 3.8) is 0 Å². The summed E-state index contributed by atoms with van der Waals surface area (Å²) in [6.45, 7) is 4.99. The molecule has 0 bridgehead atoms. The van der Waals surface area contributed by atoms with Gasteiger partial charge in [0.15, 0.2) is 5.67 Å². The Morgan fingerprint density at radius 1 is 1.50 bits per heavy atom. The van der Waals surface area contributed by atoms with E-state index in [0.29, 0.717) is 12.1 Å². The van der Waals surface area contributed by atoms with E-state index in [0.717, 1.165) is 7.11 Å². The number of ether oxygens (including phenoxy) is 2. The summed E-state index contributed by atoms with van der Waals surface area (Å²) in [5.74, 6) is 0.0792. The zero-order valence-electron chi connectivity index (χ0n) is 15.2. The average Bonchev–Trinajstić information content (AvgIpc) is 2.84. The summed E-state index contributed by atoms with van der Waals surface area (Å²) in [4.78, 5) is 35.4. The van der Waals surface area contributed by atoms with E-state index in [-0.39, 0.29) is 5.70 Å². The van der Waals surface area contributed by atoms with Gasteiger partial charge in [-0.15, -0.1) is 0 Å². The van der Waals surface area contributed by atoms with Crippen molar-refractivity contribution in [2.45, 2.75) is 50.9 Å². The third-order valence-electron chi connectivity index (χ3n) is 4.18. The predicted octanol–water partition coefficient (Wildman–Crippen LogP) is 1.93. The second-order valence-electron chi connectivity index (χ2n) is 7.23. The molecule has 0 aromatic carbocycles. The molecule has 1 saturated heterocycles. The minimum atomic E-state index is -2.19. The maximum absolute atomic E-state index is 15.8. The minimum Gasteiger partial charge on any atom is -0.467 e. The van der Waals surface area contributed by atoms with E-state index in [4.69, 9.17) is 4.74 Å². The van der Waals surface area contributed by atoms with Crippen molar-refractivity contribution in [2.24, 2.45) is 5.92 Å². The van der Waals surface area contributed by atoms with Crippen molar-refractivity contribution < 1.29 is 28.2 Å². The number of rotatable bonds is 4. The Hall–Kier alpha value is -2.60. The van der Waals surface area contributed by atoms with E-state index in [2.05, 4.69) is 15.4 Å². The lowest BCUT2D eigenvalue weighted by Crippen LogP contribution is -2.49. The number of carbonyl (C=O) groups excluding carboxylic acids is 3. The van der Waals surface area contributed by atoms with Crippen molar-refractivity contribution in [1.82, 2.24) is 10.6 Å². The first kappa shape index (κ1) is 19.7. The number of fused-ring (bicyclic) bond motifs is 1. The zero-order valence-corrected chi connectivity index (χ0v) is 15.2. The number of alkyl carbamates (subject to hydrolysis) is 1. The topological polar surface area (TPSA) is 93.7 Å². The standard InChI is InChI=1S/C18H23FN2O5/c1-17(2,3)26-16(24)21-13(15(23)25-4)9-18(19)11-7-5-6-8-12(11)20-14(18)10-22/h5-6,8,11,13,20H,7,9H2,1-4H3,(H,21,24)/t11?,13-,18?/m0/s1. The summed E-state index contributed by atoms with van der Waals surface area (Å²) in [6, 6.07) is -1.32. The Labute approximate surface area is 151 Å². The molecule has 3 atom stereocenters. The molecule has 1 heterocycles. The quantitative estimate of drug-likeness (QED) is 0.583. The number of allylic oxidation sites excluding steroid dienone is 5. The van der Waals surface area contributed by atoms with E-state index in [1.807, 2.05) is 0 Å². The van der Waals surface area contributed by atoms with Gasteiger partial charge in [0, 0.05) is 18.0 Å². The van der Waals surface area contributed by atoms with Gasteiger partial charge in [0.1, 0.15) is 23.3 Å². The van der Waals surface area contributed by atoms with E-state index in [9.17, 15) is 14.4 Å². The van der Waals surface area contributed by atoms with Crippen LogP contribution in [0.1, 0.15) is 33.6 Å². The summed E-state index contributed by atoms with van der Waals surface area (Å²) in [6.07, 6.45) is 4.18. The third kappa shape index (κ3) is 4.14. The molecule has 0 aromatic rings. The zero-order chi connectivity index (χ0) is 19.5. The lowest BCUT2D eigenvalue weighted by molar-refractivity contribution is -0.144. The van der Waals surface area contributed by atoms with Crippen LogP contribution in [0.4, 0.5) is 9.18 Å². The second kappa shape index (κ2) is 7.33. The monoisotopic (exact) mass is 366 g/mol. The van der Waals surface area contributed by atoms with Gasteiger partial charge in [-0.1, -0.05) is 12.2 Å². The Kier molecular flexibility index (Phi) is 5.56. The third-order valence-corrected chi connectivity index (χ3v) is 4.18. The van der Waals surface area contributed by atoms with Crippen molar-refractivity contribution in [2.75, 3.05) is 7.11 Å². The molecule has 2 N–H and O–H groups in total. The Balaban J connectivity index is 2.25. The van der Waals surface area contributed by atoms with Gasteiger partial charge < -0.3 is 20.1 Å². The van der Waals surface area contributed by atoms with Crippen LogP contribution in [-0.4, -0.2) is 42.4 Å². The number of hydrogen-bond donors (Lipinski definition) is 2. The van der Waals surface area contributed by atoms with Crippen LogP contribution in [0.25, 0.3) is 0 Å². The normalized spacial score (nSPS) is 25.3. The molecule has 1 fully saturated rings. The van der Waals surface area contributed by atoms with Crippen LogP contribution in [0, 0.1) is 5.92 Å². The van der Waals surface area contributed by atoms with Crippen LogP contribution in [0.3, 0.4) is 0 Å². The summed E-state index contributed by atoms with van der Waals surface area (Å²) in [7, 11) is 1.13. The molecule has 1 aliphatic heterocycles. The SMILES string of the molecule is COC(=O)[C@H](CC1(F)C(=C=O)NC2=CC=CCC21)NC(=O)OC(C)(C)C. The van der Waals surface area contributed by atoms with E-state index >= 15 is 4.39 Å². The molecule has 2 aliphatic rings. The number of esters is 1. The van der Waals surface area contributed by atoms with E-state index in [1.54, 1.807) is 44.9 Å². The molecule has 1 aliphatic carbocycles. The first-order valence-corrected chi connectivity index (χ1v) is 8.26. The largest absolute Gasteiger partial charge is 0.467 e. The lowest BCUT2D eigenvalue weighted by Gasteiger charge is -2.30. The number of halogens is 1. The first-order chi connectivity index (χ1) is 12.1. The van der Waals surface area contributed by atoms with Crippen LogP contribution in [-0.2, 0) is 19.1 Å². The van der Waals surface area contributed by atoms with Gasteiger partial charge in [-0.25, -0.2) is 18.8 Å². The highest BCUT2D eigenvalue weighted by Gasteiger charge is 2.53. The van der Waals surface area contributed by atoms with Crippen LogP contribution in [0.5, 0.6) is 0 Å². The van der Waals surface area contributed by atoms with Crippen LogP contribution < -0.4 is 10.6 Å². The molecule has 7 nitrogen and oxygen atoms in total. The molecule has 0 radical (unpaired) electrons. The van der Waals surface area contributed by atoms with E-state index < -0.39 is 41.7 Å². The molecule has 0 saturated carbocycles. The summed E-state index contributed by atoms with van der Waals surface area (Å²) in [5.41, 5.74) is -2.73. The van der Waals surface area contributed by atoms with Crippen molar-refractivity contribution in [3.8, 4) is 0 Å². The number of carbonyl (C=O) groups is 2. The number of alkyl halides is 1. The molecule has 8 heteroatoms. The fraction of sp³-hybridized carbons (Fsp3) is 0.556. The Morgan fingerprint density at radius 3 is 2.77 bits per heavy atom. The maximum atomic E-state index is 15.8. The lowest BCUT2D eigenvalue weighted by atomic mass is 9.80. The van der Waals surface area contributed by atoms with Crippen molar-refractivity contribution in [1.29, 1.82) is 0 Å². The van der Waals surface area contributed by atoms with Crippen molar-refractivity contribution >= 4 is 18.0 Å². The number of methoxy groups -OCH3 is 1. The Bertz CT molecular complexity index is 703. The average molecular weight is 366 g/mol. The predicted molar refractivity (Wildman–Crippen MR) is 91.3 cm³/mol. The van der Waals surface area contributed by atoms with Crippen LogP contribution >= 0.6 is 0 Å². The van der Waals surface area contributed by atoms with Crippen LogP contribution in [0.15, 0.2) is 29.6 Å². The highest BCUT2D eigenvalue weighted by molar-refractivity contribution is 5.81. The fourth-order valence-electron chi connectivity index (χ4n) is 3.05. The first-order valence-electron chi connectivity index (χ1n) is 8.26. The number of nitrogens with one attached hydrogen (secondary N) is 2. The molecule has 1 amide bonds. The van der Waals surface area contributed by atoms with E-state index in [1.165, 1.54) is 0 Å². The van der Waals surface area contributed by atoms with Gasteiger partial charge in [0.2, 0.25) is 0 Å². The van der Waals surface area contributed by atoms with Gasteiger partial charge in [-0.05, 0) is 33.3 Å². The smallest absolute Gasteiger partial charge is 0.408 e. The van der Waals surface area contributed by atoms with Crippen molar-refractivity contribution in [3.05, 3.63) is 29.6 Å². The van der Waals surface area contributed by atoms with Gasteiger partial charge in [0.05, 0.1) is 7.11 Å². The summed E-state index contributed by atoms with van der Waals surface area (Å²) in [5, 5.41) is 5.05. The van der Waals surface area contributed by atoms with Gasteiger partial charge in [-0.3, -0.25) is 0 Å². The molecule has 0 aromatic heterocycles. The van der Waals surface area contributed by atoms with Crippen LogP contribution in [0.2, 0.25) is 0 Å². The fourth-order valence-corrected chi connectivity index (χ4v) is 3.05. The minimum absolute atomic E-state index is 0.294. The molecule has 2 unspecified atom stereocenters. The Morgan fingerprint density at radius 2 is 2.19 bits per heavy atom. The maximum Gasteiger partial charge on any atom is 0.408 e. The molecular formula is C18H23FN2O5.